The maximum atomic E-state index is 12.7. The number of benzene rings is 2. The first-order chi connectivity index (χ1) is 15.4. The van der Waals surface area contributed by atoms with Crippen molar-refractivity contribution in [3.05, 3.63) is 65.1 Å². The van der Waals surface area contributed by atoms with Crippen LogP contribution in [0.5, 0.6) is 23.0 Å². The summed E-state index contributed by atoms with van der Waals surface area (Å²) in [5.74, 6) is 1.58. The number of hydrogen-bond acceptors (Lipinski definition) is 7. The van der Waals surface area contributed by atoms with E-state index in [1.165, 1.54) is 19.2 Å². The molecule has 2 amide bonds. The quantitative estimate of drug-likeness (QED) is 0.524. The highest BCUT2D eigenvalue weighted by Crippen LogP contribution is 2.36. The Bertz CT molecular complexity index is 1110. The fraction of sp³-hybridized carbons (Fsp3) is 0.217. The lowest BCUT2D eigenvalue weighted by Crippen LogP contribution is -2.15. The number of carbonyl (C=O) groups excluding carboxylic acids is 2. The van der Waals surface area contributed by atoms with E-state index in [2.05, 4.69) is 5.32 Å². The summed E-state index contributed by atoms with van der Waals surface area (Å²) in [6, 6.07) is 11.2. The fourth-order valence-corrected chi connectivity index (χ4v) is 3.16. The lowest BCUT2D eigenvalue weighted by atomic mass is 10.1. The van der Waals surface area contributed by atoms with E-state index < -0.39 is 11.8 Å². The van der Waals surface area contributed by atoms with Crippen LogP contribution in [0.3, 0.4) is 0 Å². The van der Waals surface area contributed by atoms with E-state index in [1.807, 2.05) is 0 Å². The first-order valence-electron chi connectivity index (χ1n) is 9.57. The summed E-state index contributed by atoms with van der Waals surface area (Å²) >= 11 is 0. The molecule has 1 heterocycles. The third kappa shape index (κ3) is 4.77. The summed E-state index contributed by atoms with van der Waals surface area (Å²) in [6.07, 6.45) is 0.324. The van der Waals surface area contributed by atoms with Crippen LogP contribution >= 0.6 is 0 Å². The van der Waals surface area contributed by atoms with Crippen molar-refractivity contribution in [2.45, 2.75) is 6.42 Å². The number of amides is 2. The Morgan fingerprint density at radius 1 is 0.875 bits per heavy atom. The molecule has 0 aliphatic carbocycles. The van der Waals surface area contributed by atoms with E-state index in [0.29, 0.717) is 40.9 Å². The highest BCUT2D eigenvalue weighted by molar-refractivity contribution is 6.04. The van der Waals surface area contributed by atoms with Gasteiger partial charge in [-0.1, -0.05) is 0 Å². The second-order valence-electron chi connectivity index (χ2n) is 6.69. The number of hydrogen-bond donors (Lipinski definition) is 2. The van der Waals surface area contributed by atoms with Crippen LogP contribution in [0.25, 0.3) is 0 Å². The van der Waals surface area contributed by atoms with E-state index in [1.54, 1.807) is 51.7 Å². The molecule has 1 aromatic heterocycles. The third-order valence-corrected chi connectivity index (χ3v) is 4.79. The summed E-state index contributed by atoms with van der Waals surface area (Å²) in [4.78, 5) is 24.2. The molecule has 0 aliphatic rings. The molecule has 3 rings (SSSR count). The molecule has 0 bridgehead atoms. The molecule has 9 nitrogen and oxygen atoms in total. The third-order valence-electron chi connectivity index (χ3n) is 4.79. The molecule has 32 heavy (non-hydrogen) atoms. The minimum atomic E-state index is -0.620. The number of ether oxygens (including phenoxy) is 4. The van der Waals surface area contributed by atoms with Gasteiger partial charge in [-0.3, -0.25) is 9.59 Å². The molecule has 3 N–H and O–H groups in total. The van der Waals surface area contributed by atoms with Crippen LogP contribution in [0.2, 0.25) is 0 Å². The van der Waals surface area contributed by atoms with Crippen LogP contribution in [-0.2, 0) is 6.42 Å². The first-order valence-corrected chi connectivity index (χ1v) is 9.57. The number of nitrogens with one attached hydrogen (secondary N) is 1. The zero-order chi connectivity index (χ0) is 23.3. The maximum Gasteiger partial charge on any atom is 0.291 e. The zero-order valence-electron chi connectivity index (χ0n) is 18.2. The van der Waals surface area contributed by atoms with Gasteiger partial charge in [-0.25, -0.2) is 0 Å². The molecule has 0 unspecified atom stereocenters. The zero-order valence-corrected chi connectivity index (χ0v) is 18.2. The van der Waals surface area contributed by atoms with E-state index in [4.69, 9.17) is 29.1 Å². The Morgan fingerprint density at radius 3 is 2.09 bits per heavy atom. The monoisotopic (exact) mass is 440 g/mol. The molecule has 0 radical (unpaired) electrons. The average Bonchev–Trinajstić information content (AvgIpc) is 3.27. The molecule has 0 aliphatic heterocycles. The van der Waals surface area contributed by atoms with Crippen LogP contribution in [0.1, 0.15) is 32.2 Å². The Hall–Kier alpha value is -4.14. The van der Waals surface area contributed by atoms with Gasteiger partial charge >= 0.3 is 0 Å². The van der Waals surface area contributed by atoms with Crippen LogP contribution < -0.4 is 30.0 Å². The predicted octanol–water partition coefficient (Wildman–Crippen LogP) is 3.26. The number of methoxy groups -OCH3 is 4. The van der Waals surface area contributed by atoms with E-state index >= 15 is 0 Å². The molecular weight excluding hydrogens is 416 g/mol. The van der Waals surface area contributed by atoms with Crippen molar-refractivity contribution >= 4 is 17.5 Å². The van der Waals surface area contributed by atoms with Gasteiger partial charge in [0.2, 0.25) is 5.91 Å². The SMILES string of the molecule is COc1cc(OC)c(Cc2ccc(C(=O)Nc3cc(C(N)=O)ccc3OC)o2)c(OC)c1. The topological polar surface area (TPSA) is 122 Å². The van der Waals surface area contributed by atoms with Crippen LogP contribution in [0.4, 0.5) is 5.69 Å². The molecule has 2 aromatic carbocycles. The largest absolute Gasteiger partial charge is 0.496 e. The molecule has 0 atom stereocenters. The van der Waals surface area contributed by atoms with Crippen molar-refractivity contribution in [1.82, 2.24) is 0 Å². The molecule has 0 saturated carbocycles. The van der Waals surface area contributed by atoms with Crippen LogP contribution in [-0.4, -0.2) is 40.3 Å². The van der Waals surface area contributed by atoms with Crippen molar-refractivity contribution in [1.29, 1.82) is 0 Å². The number of furan rings is 1. The van der Waals surface area contributed by atoms with Gasteiger partial charge in [-0.05, 0) is 30.3 Å². The highest BCUT2D eigenvalue weighted by Gasteiger charge is 2.19. The number of anilines is 1. The standard InChI is InChI=1S/C23H24N2O7/c1-28-15-11-20(30-3)16(21(12-15)31-4)10-14-6-8-19(32-14)23(27)25-17-9-13(22(24)26)5-7-18(17)29-2/h5-9,11-12H,10H2,1-4H3,(H2,24,26)(H,25,27). The number of nitrogens with two attached hydrogens (primary N) is 1. The van der Waals surface area contributed by atoms with Gasteiger partial charge in [0.05, 0.1) is 34.1 Å². The maximum absolute atomic E-state index is 12.7. The summed E-state index contributed by atoms with van der Waals surface area (Å²) in [7, 11) is 6.10. The van der Waals surface area contributed by atoms with E-state index in [0.717, 1.165) is 5.56 Å². The number of carbonyl (C=O) groups is 2. The van der Waals surface area contributed by atoms with Gasteiger partial charge in [0.25, 0.3) is 5.91 Å². The smallest absolute Gasteiger partial charge is 0.291 e. The minimum Gasteiger partial charge on any atom is -0.496 e. The van der Waals surface area contributed by atoms with Gasteiger partial charge in [0.1, 0.15) is 28.8 Å². The lowest BCUT2D eigenvalue weighted by Gasteiger charge is -2.14. The van der Waals surface area contributed by atoms with Crippen molar-refractivity contribution < 1.29 is 33.0 Å². The van der Waals surface area contributed by atoms with Crippen molar-refractivity contribution in [3.8, 4) is 23.0 Å². The average molecular weight is 440 g/mol. The predicted molar refractivity (Wildman–Crippen MR) is 117 cm³/mol. The molecule has 9 heteroatoms. The van der Waals surface area contributed by atoms with E-state index in [-0.39, 0.29) is 11.3 Å². The molecule has 0 saturated heterocycles. The Kier molecular flexibility index (Phi) is 6.89. The minimum absolute atomic E-state index is 0.0815. The van der Waals surface area contributed by atoms with Gasteiger partial charge in [-0.15, -0.1) is 0 Å². The summed E-state index contributed by atoms with van der Waals surface area (Å²) in [5.41, 5.74) is 6.59. The summed E-state index contributed by atoms with van der Waals surface area (Å²) in [5, 5.41) is 2.68. The Labute approximate surface area is 185 Å². The number of rotatable bonds is 9. The van der Waals surface area contributed by atoms with E-state index in [9.17, 15) is 9.59 Å². The lowest BCUT2D eigenvalue weighted by molar-refractivity contribution is 0.0987. The first kappa shape index (κ1) is 22.5. The van der Waals surface area contributed by atoms with Gasteiger partial charge in [0, 0.05) is 29.7 Å². The Balaban J connectivity index is 1.83. The van der Waals surface area contributed by atoms with Gasteiger partial charge in [-0.2, -0.15) is 0 Å². The summed E-state index contributed by atoms with van der Waals surface area (Å²) < 4.78 is 27.2. The van der Waals surface area contributed by atoms with Crippen LogP contribution in [0, 0.1) is 0 Å². The van der Waals surface area contributed by atoms with Crippen molar-refractivity contribution in [2.75, 3.05) is 33.8 Å². The van der Waals surface area contributed by atoms with Crippen molar-refractivity contribution in [2.24, 2.45) is 5.73 Å². The van der Waals surface area contributed by atoms with Crippen LogP contribution in [0.15, 0.2) is 46.9 Å². The molecular formula is C23H24N2O7. The number of primary amides is 1. The van der Waals surface area contributed by atoms with Gasteiger partial charge in [0.15, 0.2) is 5.76 Å². The fourth-order valence-electron chi connectivity index (χ4n) is 3.16. The highest BCUT2D eigenvalue weighted by atomic mass is 16.5. The normalized spacial score (nSPS) is 10.4. The molecule has 0 spiro atoms. The molecule has 0 fully saturated rings. The second-order valence-corrected chi connectivity index (χ2v) is 6.69. The Morgan fingerprint density at radius 2 is 1.53 bits per heavy atom. The van der Waals surface area contributed by atoms with Gasteiger partial charge < -0.3 is 34.4 Å². The summed E-state index contributed by atoms with van der Waals surface area (Å²) in [6.45, 7) is 0. The second kappa shape index (κ2) is 9.78. The van der Waals surface area contributed by atoms with Crippen molar-refractivity contribution in [3.63, 3.8) is 0 Å². The molecule has 3 aromatic rings. The molecule has 168 valence electrons.